The van der Waals surface area contributed by atoms with E-state index in [0.29, 0.717) is 29.2 Å². The number of ether oxygens (including phenoxy) is 2. The Labute approximate surface area is 219 Å². The highest BCUT2D eigenvalue weighted by molar-refractivity contribution is 5.92. The molecule has 0 radical (unpaired) electrons. The second kappa shape index (κ2) is 10.6. The van der Waals surface area contributed by atoms with E-state index in [2.05, 4.69) is 16.4 Å². The van der Waals surface area contributed by atoms with Gasteiger partial charge in [-0.15, -0.1) is 0 Å². The van der Waals surface area contributed by atoms with Gasteiger partial charge in [0, 0.05) is 29.9 Å². The first kappa shape index (κ1) is 24.1. The van der Waals surface area contributed by atoms with Crippen molar-refractivity contribution in [3.05, 3.63) is 89.6 Å². The molecular weight excluding hydrogens is 484 g/mol. The van der Waals surface area contributed by atoms with Gasteiger partial charge in [-0.1, -0.05) is 12.1 Å². The zero-order chi connectivity index (χ0) is 25.9. The third kappa shape index (κ3) is 5.21. The number of carboxylic acids is 1. The van der Waals surface area contributed by atoms with Crippen molar-refractivity contribution >= 4 is 27.9 Å². The molecule has 0 spiro atoms. The largest absolute Gasteiger partial charge is 0.493 e. The quantitative estimate of drug-likeness (QED) is 0.188. The fourth-order valence-corrected chi connectivity index (χ4v) is 4.70. The molecule has 2 aromatic carbocycles. The molecular formula is C30H28N2O6. The zero-order valence-corrected chi connectivity index (χ0v) is 20.8. The van der Waals surface area contributed by atoms with Crippen LogP contribution >= 0.6 is 0 Å². The molecule has 1 aliphatic carbocycles. The molecule has 2 N–H and O–H groups in total. The molecule has 5 aromatic rings. The van der Waals surface area contributed by atoms with E-state index in [0.717, 1.165) is 60.4 Å². The van der Waals surface area contributed by atoms with Gasteiger partial charge in [-0.25, -0.2) is 4.79 Å². The topological polar surface area (TPSA) is 107 Å². The number of carboxylic acid groups (broad SMARTS) is 1. The highest BCUT2D eigenvalue weighted by Crippen LogP contribution is 2.48. The molecule has 0 atom stereocenters. The first-order valence-electron chi connectivity index (χ1n) is 12.8. The molecule has 1 saturated carbocycles. The van der Waals surface area contributed by atoms with E-state index in [4.69, 9.17) is 23.4 Å². The first-order chi connectivity index (χ1) is 18.7. The van der Waals surface area contributed by atoms with Crippen molar-refractivity contribution in [1.82, 2.24) is 10.3 Å². The first-order valence-corrected chi connectivity index (χ1v) is 12.8. The lowest BCUT2D eigenvalue weighted by Crippen LogP contribution is -2.17. The van der Waals surface area contributed by atoms with E-state index < -0.39 is 5.97 Å². The summed E-state index contributed by atoms with van der Waals surface area (Å²) in [5, 5.41) is 14.3. The molecule has 1 fully saturated rings. The van der Waals surface area contributed by atoms with Crippen LogP contribution in [-0.4, -0.2) is 29.2 Å². The van der Waals surface area contributed by atoms with E-state index in [-0.39, 0.29) is 12.4 Å². The Morgan fingerprint density at radius 2 is 1.97 bits per heavy atom. The van der Waals surface area contributed by atoms with Crippen molar-refractivity contribution in [3.63, 3.8) is 0 Å². The van der Waals surface area contributed by atoms with Crippen LogP contribution in [0.5, 0.6) is 11.5 Å². The number of aromatic carboxylic acids is 1. The molecule has 3 aromatic heterocycles. The number of benzene rings is 2. The maximum Gasteiger partial charge on any atom is 0.371 e. The van der Waals surface area contributed by atoms with Crippen LogP contribution in [0.2, 0.25) is 0 Å². The van der Waals surface area contributed by atoms with Gasteiger partial charge in [-0.05, 0) is 79.8 Å². The number of pyridine rings is 1. The van der Waals surface area contributed by atoms with Gasteiger partial charge in [0.1, 0.15) is 35.0 Å². The van der Waals surface area contributed by atoms with Crippen LogP contribution in [0.15, 0.2) is 75.8 Å². The number of fused-ring (bicyclic) bond motifs is 2. The van der Waals surface area contributed by atoms with Crippen LogP contribution in [0, 0.1) is 0 Å². The predicted molar refractivity (Wildman–Crippen MR) is 142 cm³/mol. The lowest BCUT2D eigenvalue weighted by Gasteiger charge is -2.10. The van der Waals surface area contributed by atoms with Gasteiger partial charge < -0.3 is 28.7 Å². The number of furan rings is 2. The van der Waals surface area contributed by atoms with Crippen molar-refractivity contribution in [1.29, 1.82) is 0 Å². The fourth-order valence-electron chi connectivity index (χ4n) is 4.70. The molecule has 0 amide bonds. The zero-order valence-electron chi connectivity index (χ0n) is 20.8. The molecule has 8 nitrogen and oxygen atoms in total. The maximum atomic E-state index is 11.2. The van der Waals surface area contributed by atoms with Crippen LogP contribution in [0.3, 0.4) is 0 Å². The van der Waals surface area contributed by atoms with Crippen LogP contribution in [0.4, 0.5) is 0 Å². The number of rotatable bonds is 12. The van der Waals surface area contributed by atoms with E-state index in [9.17, 15) is 4.79 Å². The summed E-state index contributed by atoms with van der Waals surface area (Å²) >= 11 is 0. The Bertz CT molecular complexity index is 1570. The normalized spacial score (nSPS) is 13.3. The smallest absolute Gasteiger partial charge is 0.371 e. The second-order valence-electron chi connectivity index (χ2n) is 9.49. The Hall–Kier alpha value is -4.30. The highest BCUT2D eigenvalue weighted by atomic mass is 16.5. The molecule has 6 rings (SSSR count). The fraction of sp³-hybridized carbons (Fsp3) is 0.267. The summed E-state index contributed by atoms with van der Waals surface area (Å²) in [5.41, 5.74) is 3.64. The molecule has 0 unspecified atom stereocenters. The number of hydrogen-bond donors (Lipinski definition) is 2. The third-order valence-corrected chi connectivity index (χ3v) is 6.65. The molecule has 8 heteroatoms. The number of nitrogens with zero attached hydrogens (tertiary/aromatic N) is 1. The summed E-state index contributed by atoms with van der Waals surface area (Å²) in [5.74, 6) is 1.51. The highest BCUT2D eigenvalue weighted by Gasteiger charge is 2.32. The maximum absolute atomic E-state index is 11.2. The third-order valence-electron chi connectivity index (χ3n) is 6.65. The number of nitrogens with one attached hydrogen (secondary N) is 1. The summed E-state index contributed by atoms with van der Waals surface area (Å²) in [7, 11) is 0. The Morgan fingerprint density at radius 3 is 2.79 bits per heavy atom. The monoisotopic (exact) mass is 512 g/mol. The van der Waals surface area contributed by atoms with Gasteiger partial charge >= 0.3 is 5.97 Å². The van der Waals surface area contributed by atoms with Gasteiger partial charge in [-0.3, -0.25) is 4.98 Å². The molecule has 0 saturated heterocycles. The minimum absolute atomic E-state index is 0.0951. The molecule has 38 heavy (non-hydrogen) atoms. The van der Waals surface area contributed by atoms with E-state index in [1.54, 1.807) is 24.4 Å². The SMILES string of the molecule is O=C(O)c1cc2cc(OCc3oc4cccc(OCCCNCc5cccnc5)c4c3C3CC3)ccc2o1. The molecule has 0 aliphatic heterocycles. The Kier molecular flexibility index (Phi) is 6.71. The summed E-state index contributed by atoms with van der Waals surface area (Å²) < 4.78 is 23.9. The summed E-state index contributed by atoms with van der Waals surface area (Å²) in [6.45, 7) is 2.51. The molecule has 1 aliphatic rings. The van der Waals surface area contributed by atoms with E-state index >= 15 is 0 Å². The number of hydrogen-bond acceptors (Lipinski definition) is 7. The van der Waals surface area contributed by atoms with Gasteiger partial charge in [0.25, 0.3) is 0 Å². The van der Waals surface area contributed by atoms with Crippen molar-refractivity contribution in [2.45, 2.75) is 38.3 Å². The lowest BCUT2D eigenvalue weighted by atomic mass is 10.1. The van der Waals surface area contributed by atoms with Crippen molar-refractivity contribution < 1.29 is 28.2 Å². The molecule has 0 bridgehead atoms. The van der Waals surface area contributed by atoms with Crippen LogP contribution < -0.4 is 14.8 Å². The summed E-state index contributed by atoms with van der Waals surface area (Å²) in [4.78, 5) is 15.3. The number of carbonyl (C=O) groups is 1. The van der Waals surface area contributed by atoms with Crippen LogP contribution in [0.1, 0.15) is 52.6 Å². The second-order valence-corrected chi connectivity index (χ2v) is 9.49. The summed E-state index contributed by atoms with van der Waals surface area (Å²) in [6.07, 6.45) is 6.76. The van der Waals surface area contributed by atoms with Gasteiger partial charge in [-0.2, -0.15) is 0 Å². The standard InChI is InChI=1S/C30H28N2O6/c33-30(34)26-15-21-14-22(9-10-23(21)37-26)36-18-27-28(20-7-8-20)29-24(5-1-6-25(29)38-27)35-13-3-12-32-17-19-4-2-11-31-16-19/h1-2,4-6,9-11,14-16,20,32H,3,7-8,12-13,17-18H2,(H,33,34). The van der Waals surface area contributed by atoms with E-state index in [1.165, 1.54) is 11.6 Å². The number of aromatic nitrogens is 1. The van der Waals surface area contributed by atoms with Gasteiger partial charge in [0.05, 0.1) is 12.0 Å². The average molecular weight is 513 g/mol. The lowest BCUT2D eigenvalue weighted by molar-refractivity contribution is 0.0665. The van der Waals surface area contributed by atoms with Crippen molar-refractivity contribution in [2.24, 2.45) is 0 Å². The minimum Gasteiger partial charge on any atom is -0.493 e. The van der Waals surface area contributed by atoms with Crippen molar-refractivity contribution in [3.8, 4) is 11.5 Å². The van der Waals surface area contributed by atoms with Gasteiger partial charge in [0.2, 0.25) is 5.76 Å². The minimum atomic E-state index is -1.10. The molecule has 3 heterocycles. The predicted octanol–water partition coefficient (Wildman–Crippen LogP) is 6.29. The summed E-state index contributed by atoms with van der Waals surface area (Å²) in [6, 6.07) is 16.7. The van der Waals surface area contributed by atoms with E-state index in [1.807, 2.05) is 30.5 Å². The molecule has 194 valence electrons. The average Bonchev–Trinajstić information content (AvgIpc) is 3.56. The Balaban J connectivity index is 1.13. The van der Waals surface area contributed by atoms with Crippen LogP contribution in [-0.2, 0) is 13.2 Å². The Morgan fingerprint density at radius 1 is 1.05 bits per heavy atom. The van der Waals surface area contributed by atoms with Gasteiger partial charge in [0.15, 0.2) is 0 Å². The van der Waals surface area contributed by atoms with Crippen molar-refractivity contribution in [2.75, 3.05) is 13.2 Å². The van der Waals surface area contributed by atoms with Crippen LogP contribution in [0.25, 0.3) is 21.9 Å².